The van der Waals surface area contributed by atoms with Crippen LogP contribution in [0.3, 0.4) is 0 Å². The van der Waals surface area contributed by atoms with E-state index in [-0.39, 0.29) is 0 Å². The molecule has 66 valence electrons. The highest BCUT2D eigenvalue weighted by Crippen LogP contribution is 2.21. The number of rotatable bonds is 4. The highest BCUT2D eigenvalue weighted by atomic mass is 16.5. The van der Waals surface area contributed by atoms with Gasteiger partial charge >= 0.3 is 0 Å². The van der Waals surface area contributed by atoms with E-state index in [0.717, 1.165) is 13.0 Å². The molecule has 0 saturated carbocycles. The zero-order valence-corrected chi connectivity index (χ0v) is 7.57. The minimum Gasteiger partial charge on any atom is -0.502 e. The van der Waals surface area contributed by atoms with E-state index < -0.39 is 0 Å². The summed E-state index contributed by atoms with van der Waals surface area (Å²) >= 11 is 0. The first-order valence-electron chi connectivity index (χ1n) is 4.40. The molecule has 2 unspecified atom stereocenters. The molecule has 0 radical (unpaired) electrons. The Balaban J connectivity index is 2.31. The molecule has 0 amide bonds. The number of hydrogen-bond acceptors (Lipinski definition) is 1. The molecule has 1 nitrogen and oxygen atoms in total. The van der Waals surface area contributed by atoms with Crippen LogP contribution in [0, 0.1) is 11.8 Å². The minimum absolute atomic E-state index is 0.573. The predicted molar refractivity (Wildman–Crippen MR) is 51.7 cm³/mol. The Hall–Kier alpha value is -0.980. The fourth-order valence-corrected chi connectivity index (χ4v) is 1.37. The molecule has 1 aliphatic carbocycles. The van der Waals surface area contributed by atoms with Crippen molar-refractivity contribution < 1.29 is 4.74 Å². The third-order valence-electron chi connectivity index (χ3n) is 2.22. The molecular formula is C11H16O. The van der Waals surface area contributed by atoms with Crippen molar-refractivity contribution in [1.29, 1.82) is 0 Å². The highest BCUT2D eigenvalue weighted by Gasteiger charge is 2.14. The van der Waals surface area contributed by atoms with Gasteiger partial charge in [0.05, 0.1) is 12.9 Å². The molecule has 0 saturated heterocycles. The maximum atomic E-state index is 5.15. The van der Waals surface area contributed by atoms with Crippen LogP contribution in [-0.2, 0) is 4.74 Å². The lowest BCUT2D eigenvalue weighted by Crippen LogP contribution is -2.14. The molecule has 12 heavy (non-hydrogen) atoms. The van der Waals surface area contributed by atoms with E-state index in [4.69, 9.17) is 4.74 Å². The molecule has 0 aromatic heterocycles. The lowest BCUT2D eigenvalue weighted by molar-refractivity contribution is 0.179. The van der Waals surface area contributed by atoms with Gasteiger partial charge in [-0.05, 0) is 18.3 Å². The summed E-state index contributed by atoms with van der Waals surface area (Å²) in [6, 6.07) is 0. The first-order valence-corrected chi connectivity index (χ1v) is 4.40. The SMILES string of the molecule is C=COCC(C)C1C=CC=CC1. The second-order valence-corrected chi connectivity index (χ2v) is 3.19. The van der Waals surface area contributed by atoms with Crippen molar-refractivity contribution in [3.63, 3.8) is 0 Å². The van der Waals surface area contributed by atoms with Crippen molar-refractivity contribution >= 4 is 0 Å². The van der Waals surface area contributed by atoms with Gasteiger partial charge in [-0.1, -0.05) is 37.8 Å². The van der Waals surface area contributed by atoms with Gasteiger partial charge in [-0.2, -0.15) is 0 Å². The van der Waals surface area contributed by atoms with Gasteiger partial charge in [0.2, 0.25) is 0 Å². The zero-order valence-electron chi connectivity index (χ0n) is 7.57. The van der Waals surface area contributed by atoms with E-state index in [9.17, 15) is 0 Å². The van der Waals surface area contributed by atoms with E-state index in [2.05, 4.69) is 37.8 Å². The van der Waals surface area contributed by atoms with Gasteiger partial charge in [0.25, 0.3) is 0 Å². The Bertz CT molecular complexity index is 191. The average Bonchev–Trinajstić information content (AvgIpc) is 2.15. The Kier molecular flexibility index (Phi) is 3.65. The maximum absolute atomic E-state index is 5.15. The molecule has 0 aliphatic heterocycles. The first-order chi connectivity index (χ1) is 5.84. The van der Waals surface area contributed by atoms with Crippen LogP contribution >= 0.6 is 0 Å². The molecule has 0 bridgehead atoms. The quantitative estimate of drug-likeness (QED) is 0.580. The second kappa shape index (κ2) is 4.81. The highest BCUT2D eigenvalue weighted by molar-refractivity contribution is 5.11. The molecule has 2 atom stereocenters. The molecule has 0 aromatic rings. The van der Waals surface area contributed by atoms with Gasteiger partial charge in [0.15, 0.2) is 0 Å². The summed E-state index contributed by atoms with van der Waals surface area (Å²) in [6.45, 7) is 6.50. The molecule has 1 rings (SSSR count). The molecule has 0 spiro atoms. The van der Waals surface area contributed by atoms with Crippen LogP contribution in [0.4, 0.5) is 0 Å². The van der Waals surface area contributed by atoms with Crippen molar-refractivity contribution in [1.82, 2.24) is 0 Å². The summed E-state index contributed by atoms with van der Waals surface area (Å²) in [5.41, 5.74) is 0. The minimum atomic E-state index is 0.573. The van der Waals surface area contributed by atoms with Crippen LogP contribution in [0.2, 0.25) is 0 Å². The third-order valence-corrected chi connectivity index (χ3v) is 2.22. The average molecular weight is 164 g/mol. The number of hydrogen-bond donors (Lipinski definition) is 0. The van der Waals surface area contributed by atoms with Crippen molar-refractivity contribution in [3.8, 4) is 0 Å². The first kappa shape index (κ1) is 9.11. The topological polar surface area (TPSA) is 9.23 Å². The largest absolute Gasteiger partial charge is 0.502 e. The molecule has 1 aliphatic rings. The molecule has 0 fully saturated rings. The van der Waals surface area contributed by atoms with Gasteiger partial charge in [0, 0.05) is 0 Å². The summed E-state index contributed by atoms with van der Waals surface area (Å²) in [4.78, 5) is 0. The zero-order chi connectivity index (χ0) is 8.81. The molecule has 0 N–H and O–H groups in total. The van der Waals surface area contributed by atoms with Gasteiger partial charge in [0.1, 0.15) is 0 Å². The fraction of sp³-hybridized carbons (Fsp3) is 0.455. The summed E-state index contributed by atoms with van der Waals surface area (Å²) in [7, 11) is 0. The Morgan fingerprint density at radius 1 is 1.67 bits per heavy atom. The Labute approximate surface area is 74.4 Å². The smallest absolute Gasteiger partial charge is 0.0904 e. The monoisotopic (exact) mass is 164 g/mol. The van der Waals surface area contributed by atoms with E-state index >= 15 is 0 Å². The van der Waals surface area contributed by atoms with E-state index in [1.165, 1.54) is 6.26 Å². The van der Waals surface area contributed by atoms with Gasteiger partial charge < -0.3 is 4.74 Å². The van der Waals surface area contributed by atoms with Gasteiger partial charge in [-0.3, -0.25) is 0 Å². The van der Waals surface area contributed by atoms with Gasteiger partial charge in [-0.15, -0.1) is 0 Å². The fourth-order valence-electron chi connectivity index (χ4n) is 1.37. The van der Waals surface area contributed by atoms with Crippen LogP contribution < -0.4 is 0 Å². The van der Waals surface area contributed by atoms with Crippen LogP contribution in [0.5, 0.6) is 0 Å². The van der Waals surface area contributed by atoms with E-state index in [1.54, 1.807) is 0 Å². The molecule has 1 heteroatoms. The van der Waals surface area contributed by atoms with Crippen LogP contribution in [0.25, 0.3) is 0 Å². The normalized spacial score (nSPS) is 23.6. The second-order valence-electron chi connectivity index (χ2n) is 3.19. The van der Waals surface area contributed by atoms with Crippen molar-refractivity contribution in [3.05, 3.63) is 37.1 Å². The molecular weight excluding hydrogens is 148 g/mol. The number of allylic oxidation sites excluding steroid dienone is 4. The van der Waals surface area contributed by atoms with Gasteiger partial charge in [-0.25, -0.2) is 0 Å². The van der Waals surface area contributed by atoms with E-state index in [0.29, 0.717) is 11.8 Å². The maximum Gasteiger partial charge on any atom is 0.0904 e. The molecule has 0 heterocycles. The summed E-state index contributed by atoms with van der Waals surface area (Å²) in [6.07, 6.45) is 11.3. The lowest BCUT2D eigenvalue weighted by atomic mass is 9.89. The lowest BCUT2D eigenvalue weighted by Gasteiger charge is -2.20. The summed E-state index contributed by atoms with van der Waals surface area (Å²) < 4.78 is 5.15. The van der Waals surface area contributed by atoms with Crippen molar-refractivity contribution in [2.24, 2.45) is 11.8 Å². The van der Waals surface area contributed by atoms with E-state index in [1.807, 2.05) is 0 Å². The van der Waals surface area contributed by atoms with Crippen LogP contribution in [0.1, 0.15) is 13.3 Å². The molecule has 0 aromatic carbocycles. The Morgan fingerprint density at radius 3 is 3.08 bits per heavy atom. The van der Waals surface area contributed by atoms with Crippen LogP contribution in [-0.4, -0.2) is 6.61 Å². The van der Waals surface area contributed by atoms with Crippen molar-refractivity contribution in [2.45, 2.75) is 13.3 Å². The number of ether oxygens (including phenoxy) is 1. The third kappa shape index (κ3) is 2.57. The van der Waals surface area contributed by atoms with Crippen molar-refractivity contribution in [2.75, 3.05) is 6.61 Å². The predicted octanol–water partition coefficient (Wildman–Crippen LogP) is 2.91. The van der Waals surface area contributed by atoms with Crippen LogP contribution in [0.15, 0.2) is 37.1 Å². The standard InChI is InChI=1S/C11H16O/c1-3-12-9-10(2)11-7-5-4-6-8-11/h3-7,10-11H,1,8-9H2,2H3. The summed E-state index contributed by atoms with van der Waals surface area (Å²) in [5, 5.41) is 0. The Morgan fingerprint density at radius 2 is 2.50 bits per heavy atom. The summed E-state index contributed by atoms with van der Waals surface area (Å²) in [5.74, 6) is 1.21.